The van der Waals surface area contributed by atoms with Crippen LogP contribution in [0, 0.1) is 10.1 Å². The van der Waals surface area contributed by atoms with Gasteiger partial charge in [0.05, 0.1) is 16.4 Å². The Morgan fingerprint density at radius 3 is 2.68 bits per heavy atom. The zero-order valence-electron chi connectivity index (χ0n) is 13.4. The van der Waals surface area contributed by atoms with Crippen LogP contribution in [0.1, 0.15) is 17.3 Å². The van der Waals surface area contributed by atoms with Gasteiger partial charge in [0.2, 0.25) is 5.78 Å². The Morgan fingerprint density at radius 2 is 2.00 bits per heavy atom. The third kappa shape index (κ3) is 3.65. The van der Waals surface area contributed by atoms with Gasteiger partial charge in [0.25, 0.3) is 5.69 Å². The van der Waals surface area contributed by atoms with Gasteiger partial charge in [0, 0.05) is 17.3 Å². The number of hydrazine groups is 1. The number of rotatable bonds is 5. The molecule has 0 atom stereocenters. The summed E-state index contributed by atoms with van der Waals surface area (Å²) < 4.78 is 1.85. The third-order valence-corrected chi connectivity index (χ3v) is 4.85. The second kappa shape index (κ2) is 6.96. The third-order valence-electron chi connectivity index (χ3n) is 3.69. The quantitative estimate of drug-likeness (QED) is 0.277. The molecular weight excluding hydrogens is 340 g/mol. The lowest BCUT2D eigenvalue weighted by molar-refractivity contribution is -0.383. The number of allylic oxidation sites excluding steroid dienone is 1. The number of carbonyl (C=O) groups is 1. The molecule has 8 heteroatoms. The van der Waals surface area contributed by atoms with Gasteiger partial charge in [-0.05, 0) is 48.7 Å². The Balaban J connectivity index is 1.77. The summed E-state index contributed by atoms with van der Waals surface area (Å²) >= 11 is 1.29. The Morgan fingerprint density at radius 1 is 1.28 bits per heavy atom. The molecule has 2 aromatic carbocycles. The fourth-order valence-corrected chi connectivity index (χ4v) is 3.49. The topological polar surface area (TPSA) is 102 Å². The smallest absolute Gasteiger partial charge is 0.292 e. The zero-order valence-corrected chi connectivity index (χ0v) is 14.2. The van der Waals surface area contributed by atoms with Crippen molar-refractivity contribution in [2.24, 2.45) is 0 Å². The van der Waals surface area contributed by atoms with Crippen LogP contribution < -0.4 is 11.2 Å². The number of nitrogens with one attached hydrogen (secondary N) is 1. The number of anilines is 2. The number of nitrogens with two attached hydrogens (primary N) is 1. The summed E-state index contributed by atoms with van der Waals surface area (Å²) in [6.07, 6.45) is 0. The predicted molar refractivity (Wildman–Crippen MR) is 98.9 cm³/mol. The summed E-state index contributed by atoms with van der Waals surface area (Å²) in [5, 5.41) is 11.0. The van der Waals surface area contributed by atoms with E-state index in [0.717, 1.165) is 11.3 Å². The summed E-state index contributed by atoms with van der Waals surface area (Å²) in [5.74, 6) is -0.247. The van der Waals surface area contributed by atoms with Gasteiger partial charge >= 0.3 is 0 Å². The first kappa shape index (κ1) is 17.0. The molecule has 7 nitrogen and oxygen atoms in total. The maximum atomic E-state index is 12.7. The van der Waals surface area contributed by atoms with E-state index in [2.05, 4.69) is 5.43 Å². The standard InChI is InChI=1S/C17H16N4O3S/c1-11-10-20(19-13-5-3-2-4-6-13)25-17(11)16(22)12-7-8-14(18)15(9-12)21(23)24/h2-9,19H,10,18H2,1H3. The molecule has 0 spiro atoms. The van der Waals surface area contributed by atoms with Gasteiger partial charge in [-0.2, -0.15) is 4.41 Å². The fraction of sp³-hybridized carbons (Fsp3) is 0.118. The van der Waals surface area contributed by atoms with Gasteiger partial charge in [-0.15, -0.1) is 0 Å². The van der Waals surface area contributed by atoms with Gasteiger partial charge in [-0.1, -0.05) is 18.2 Å². The predicted octanol–water partition coefficient (Wildman–Crippen LogP) is 3.62. The van der Waals surface area contributed by atoms with Crippen LogP contribution in [0.4, 0.5) is 17.1 Å². The summed E-state index contributed by atoms with van der Waals surface area (Å²) in [6, 6.07) is 13.8. The van der Waals surface area contributed by atoms with Crippen molar-refractivity contribution >= 4 is 34.8 Å². The van der Waals surface area contributed by atoms with Gasteiger partial charge < -0.3 is 11.2 Å². The molecular formula is C17H16N4O3S. The number of nitro benzene ring substituents is 1. The van der Waals surface area contributed by atoms with Gasteiger partial charge in [-0.3, -0.25) is 14.9 Å². The summed E-state index contributed by atoms with van der Waals surface area (Å²) in [6.45, 7) is 2.44. The summed E-state index contributed by atoms with van der Waals surface area (Å²) in [4.78, 5) is 23.7. The number of hydrogen-bond donors (Lipinski definition) is 2. The van der Waals surface area contributed by atoms with Gasteiger partial charge in [0.1, 0.15) is 5.69 Å². The summed E-state index contributed by atoms with van der Waals surface area (Å²) in [5.41, 5.74) is 10.7. The molecule has 25 heavy (non-hydrogen) atoms. The number of carbonyl (C=O) groups excluding carboxylic acids is 1. The van der Waals surface area contributed by atoms with E-state index in [1.807, 2.05) is 41.7 Å². The minimum Gasteiger partial charge on any atom is -0.393 e. The normalized spacial score (nSPS) is 14.6. The van der Waals surface area contributed by atoms with Crippen molar-refractivity contribution in [1.82, 2.24) is 4.41 Å². The number of nitrogens with zero attached hydrogens (tertiary/aromatic N) is 2. The Bertz CT molecular complexity index is 867. The van der Waals surface area contributed by atoms with E-state index >= 15 is 0 Å². The summed E-state index contributed by atoms with van der Waals surface area (Å²) in [7, 11) is 0. The first-order valence-electron chi connectivity index (χ1n) is 7.51. The highest BCUT2D eigenvalue weighted by atomic mass is 32.2. The number of nitrogen functional groups attached to an aromatic ring is 1. The number of benzene rings is 2. The van der Waals surface area contributed by atoms with Gasteiger partial charge in [0.15, 0.2) is 0 Å². The van der Waals surface area contributed by atoms with Gasteiger partial charge in [-0.25, -0.2) is 0 Å². The average Bonchev–Trinajstić information content (AvgIpc) is 2.95. The van der Waals surface area contributed by atoms with E-state index in [-0.39, 0.29) is 22.7 Å². The van der Waals surface area contributed by atoms with E-state index in [4.69, 9.17) is 5.73 Å². The molecule has 2 aromatic rings. The molecule has 0 aromatic heterocycles. The molecule has 0 unspecified atom stereocenters. The van der Waals surface area contributed by atoms with Crippen LogP contribution in [0.25, 0.3) is 0 Å². The van der Waals surface area contributed by atoms with Crippen LogP contribution in [0.3, 0.4) is 0 Å². The Kier molecular flexibility index (Phi) is 4.73. The number of nitro groups is 1. The van der Waals surface area contributed by atoms with E-state index in [1.165, 1.54) is 30.1 Å². The zero-order chi connectivity index (χ0) is 18.0. The maximum Gasteiger partial charge on any atom is 0.292 e. The molecule has 0 bridgehead atoms. The van der Waals surface area contributed by atoms with Crippen LogP contribution in [0.15, 0.2) is 59.0 Å². The lowest BCUT2D eigenvalue weighted by Crippen LogP contribution is -2.20. The molecule has 1 heterocycles. The molecule has 3 N–H and O–H groups in total. The number of ketones is 1. The van der Waals surface area contributed by atoms with Crippen molar-refractivity contribution in [2.75, 3.05) is 17.7 Å². The lowest BCUT2D eigenvalue weighted by Gasteiger charge is -2.17. The van der Waals surface area contributed by atoms with E-state index in [9.17, 15) is 14.9 Å². The first-order chi connectivity index (χ1) is 12.0. The molecule has 3 rings (SSSR count). The van der Waals surface area contributed by atoms with Crippen LogP contribution in [0.5, 0.6) is 0 Å². The van der Waals surface area contributed by atoms with E-state index in [0.29, 0.717) is 11.4 Å². The van der Waals surface area contributed by atoms with Crippen LogP contribution in [-0.2, 0) is 0 Å². The molecule has 0 saturated heterocycles. The minimum atomic E-state index is -0.585. The number of hydrogen-bond acceptors (Lipinski definition) is 7. The van der Waals surface area contributed by atoms with Crippen molar-refractivity contribution in [3.8, 4) is 0 Å². The van der Waals surface area contributed by atoms with Crippen molar-refractivity contribution in [2.45, 2.75) is 6.92 Å². The first-order valence-corrected chi connectivity index (χ1v) is 8.28. The fourth-order valence-electron chi connectivity index (χ4n) is 2.44. The Hall–Kier alpha value is -2.84. The monoisotopic (exact) mass is 356 g/mol. The maximum absolute atomic E-state index is 12.7. The second-order valence-electron chi connectivity index (χ2n) is 5.58. The Labute approximate surface area is 148 Å². The van der Waals surface area contributed by atoms with Crippen LogP contribution in [-0.4, -0.2) is 21.7 Å². The molecule has 0 fully saturated rings. The lowest BCUT2D eigenvalue weighted by atomic mass is 10.1. The van der Waals surface area contributed by atoms with Crippen LogP contribution in [0.2, 0.25) is 0 Å². The molecule has 1 aliphatic heterocycles. The number of para-hydroxylation sites is 1. The molecule has 0 radical (unpaired) electrons. The van der Waals surface area contributed by atoms with E-state index in [1.54, 1.807) is 0 Å². The molecule has 0 aliphatic carbocycles. The highest BCUT2D eigenvalue weighted by Crippen LogP contribution is 2.36. The van der Waals surface area contributed by atoms with Crippen molar-refractivity contribution in [3.63, 3.8) is 0 Å². The SMILES string of the molecule is CC1=C(C(=O)c2ccc(N)c([N+](=O)[O-])c2)SN(Nc2ccccc2)C1. The molecule has 128 valence electrons. The second-order valence-corrected chi connectivity index (χ2v) is 6.61. The van der Waals surface area contributed by atoms with Crippen molar-refractivity contribution in [3.05, 3.63) is 74.7 Å². The van der Waals surface area contributed by atoms with Crippen molar-refractivity contribution in [1.29, 1.82) is 0 Å². The number of Topliss-reactive ketones (excluding diaryl/α,β-unsaturated/α-hetero) is 1. The highest BCUT2D eigenvalue weighted by Gasteiger charge is 2.27. The van der Waals surface area contributed by atoms with Crippen molar-refractivity contribution < 1.29 is 9.72 Å². The molecule has 0 saturated carbocycles. The minimum absolute atomic E-state index is 0.0405. The average molecular weight is 356 g/mol. The molecule has 0 amide bonds. The van der Waals surface area contributed by atoms with E-state index < -0.39 is 4.92 Å². The highest BCUT2D eigenvalue weighted by molar-refractivity contribution is 8.02. The molecule has 1 aliphatic rings. The largest absolute Gasteiger partial charge is 0.393 e. The van der Waals surface area contributed by atoms with Crippen LogP contribution >= 0.6 is 11.9 Å².